The summed E-state index contributed by atoms with van der Waals surface area (Å²) in [5.41, 5.74) is 0.0924. The number of carbonyl (C=O) groups is 1. The molecule has 1 unspecified atom stereocenters. The lowest BCUT2D eigenvalue weighted by molar-refractivity contribution is 0.0920. The number of rotatable bonds is 5. The molecule has 0 saturated carbocycles. The van der Waals surface area contributed by atoms with E-state index in [0.717, 1.165) is 32.3 Å². The van der Waals surface area contributed by atoms with E-state index in [4.69, 9.17) is 16.3 Å². The number of carbonyl (C=O) groups excluding carboxylic acids is 1. The van der Waals surface area contributed by atoms with Gasteiger partial charge in [0.1, 0.15) is 0 Å². The summed E-state index contributed by atoms with van der Waals surface area (Å²) >= 11 is 5.65. The molecule has 98 valence electrons. The van der Waals surface area contributed by atoms with Crippen LogP contribution >= 0.6 is 11.6 Å². The molecule has 1 heterocycles. The Hall–Kier alpha value is -0.930. The molecular weight excluding hydrogens is 255 g/mol. The minimum absolute atomic E-state index is 0.0000220. The van der Waals surface area contributed by atoms with E-state index < -0.39 is 5.82 Å². The van der Waals surface area contributed by atoms with E-state index in [9.17, 15) is 9.18 Å². The lowest BCUT2D eigenvalue weighted by atomic mass is 10.0. The molecular formula is C14H16ClFO2. The van der Waals surface area contributed by atoms with E-state index >= 15 is 0 Å². The highest BCUT2D eigenvalue weighted by atomic mass is 35.5. The smallest absolute Gasteiger partial charge is 0.165 e. The maximum atomic E-state index is 13.6. The molecule has 1 atom stereocenters. The van der Waals surface area contributed by atoms with Crippen LogP contribution in [0.4, 0.5) is 4.39 Å². The topological polar surface area (TPSA) is 26.3 Å². The summed E-state index contributed by atoms with van der Waals surface area (Å²) in [6.07, 6.45) is 4.39. The zero-order chi connectivity index (χ0) is 13.0. The van der Waals surface area contributed by atoms with E-state index in [2.05, 4.69) is 0 Å². The van der Waals surface area contributed by atoms with E-state index in [1.165, 1.54) is 12.1 Å². The van der Waals surface area contributed by atoms with Gasteiger partial charge in [0.2, 0.25) is 0 Å². The van der Waals surface area contributed by atoms with Crippen LogP contribution in [0.25, 0.3) is 0 Å². The van der Waals surface area contributed by atoms with Gasteiger partial charge in [0.25, 0.3) is 0 Å². The van der Waals surface area contributed by atoms with Gasteiger partial charge in [-0.25, -0.2) is 4.39 Å². The molecule has 0 amide bonds. The molecule has 18 heavy (non-hydrogen) atoms. The van der Waals surface area contributed by atoms with Gasteiger partial charge < -0.3 is 4.74 Å². The fourth-order valence-corrected chi connectivity index (χ4v) is 2.39. The average Bonchev–Trinajstić information content (AvgIpc) is 2.85. The zero-order valence-electron chi connectivity index (χ0n) is 10.1. The fourth-order valence-electron chi connectivity index (χ4n) is 2.22. The predicted molar refractivity (Wildman–Crippen MR) is 68.6 cm³/mol. The third-order valence-electron chi connectivity index (χ3n) is 3.21. The molecule has 1 aromatic carbocycles. The molecule has 4 heteroatoms. The number of hydrogen-bond donors (Lipinski definition) is 0. The largest absolute Gasteiger partial charge is 0.378 e. The number of benzene rings is 1. The van der Waals surface area contributed by atoms with Gasteiger partial charge in [-0.05, 0) is 37.8 Å². The van der Waals surface area contributed by atoms with Crippen molar-refractivity contribution in [1.29, 1.82) is 0 Å². The minimum Gasteiger partial charge on any atom is -0.378 e. The molecule has 1 fully saturated rings. The molecule has 0 aromatic heterocycles. The third kappa shape index (κ3) is 3.30. The Labute approximate surface area is 111 Å². The van der Waals surface area contributed by atoms with Crippen LogP contribution in [0.15, 0.2) is 18.2 Å². The molecule has 0 bridgehead atoms. The van der Waals surface area contributed by atoms with Crippen LogP contribution in [-0.4, -0.2) is 18.5 Å². The van der Waals surface area contributed by atoms with Gasteiger partial charge >= 0.3 is 0 Å². The van der Waals surface area contributed by atoms with E-state index in [-0.39, 0.29) is 22.5 Å². The molecule has 0 aliphatic carbocycles. The lowest BCUT2D eigenvalue weighted by Crippen LogP contribution is -2.07. The molecule has 0 spiro atoms. The Morgan fingerprint density at radius 2 is 2.33 bits per heavy atom. The summed E-state index contributed by atoms with van der Waals surface area (Å²) in [7, 11) is 0. The second kappa shape index (κ2) is 6.30. The SMILES string of the molecule is O=C(CCCC1CCCO1)c1cccc(Cl)c1F. The Kier molecular flexibility index (Phi) is 4.72. The summed E-state index contributed by atoms with van der Waals surface area (Å²) in [6, 6.07) is 4.52. The van der Waals surface area contributed by atoms with Gasteiger partial charge in [-0.15, -0.1) is 0 Å². The molecule has 2 rings (SSSR count). The number of ketones is 1. The van der Waals surface area contributed by atoms with Crippen LogP contribution in [-0.2, 0) is 4.74 Å². The highest BCUT2D eigenvalue weighted by molar-refractivity contribution is 6.31. The van der Waals surface area contributed by atoms with Gasteiger partial charge in [0.05, 0.1) is 16.7 Å². The maximum absolute atomic E-state index is 13.6. The summed E-state index contributed by atoms with van der Waals surface area (Å²) in [6.45, 7) is 0.821. The normalized spacial score (nSPS) is 19.1. The second-order valence-corrected chi connectivity index (χ2v) is 4.96. The third-order valence-corrected chi connectivity index (χ3v) is 3.50. The molecule has 1 aliphatic rings. The van der Waals surface area contributed by atoms with Gasteiger partial charge in [-0.3, -0.25) is 4.79 Å². The lowest BCUT2D eigenvalue weighted by Gasteiger charge is -2.08. The second-order valence-electron chi connectivity index (χ2n) is 4.55. The molecule has 2 nitrogen and oxygen atoms in total. The summed E-state index contributed by atoms with van der Waals surface area (Å²) in [4.78, 5) is 11.9. The number of halogens is 2. The van der Waals surface area contributed by atoms with Gasteiger partial charge in [-0.2, -0.15) is 0 Å². The van der Waals surface area contributed by atoms with E-state index in [1.807, 2.05) is 0 Å². The van der Waals surface area contributed by atoms with Crippen molar-refractivity contribution in [3.05, 3.63) is 34.6 Å². The van der Waals surface area contributed by atoms with Crippen molar-refractivity contribution in [3.63, 3.8) is 0 Å². The number of hydrogen-bond acceptors (Lipinski definition) is 2. The van der Waals surface area contributed by atoms with Crippen LogP contribution in [0.3, 0.4) is 0 Å². The van der Waals surface area contributed by atoms with Crippen molar-refractivity contribution in [2.24, 2.45) is 0 Å². The molecule has 1 aromatic rings. The number of ether oxygens (including phenoxy) is 1. The minimum atomic E-state index is -0.610. The first kappa shape index (κ1) is 13.5. The first-order chi connectivity index (χ1) is 8.68. The van der Waals surface area contributed by atoms with Crippen LogP contribution < -0.4 is 0 Å². The van der Waals surface area contributed by atoms with Gasteiger partial charge in [0, 0.05) is 13.0 Å². The quantitative estimate of drug-likeness (QED) is 0.756. The van der Waals surface area contributed by atoms with Crippen molar-refractivity contribution in [2.45, 2.75) is 38.2 Å². The highest BCUT2D eigenvalue weighted by Crippen LogP contribution is 2.21. The summed E-state index contributed by atoms with van der Waals surface area (Å²) in [5, 5.41) is -0.0000220. The van der Waals surface area contributed by atoms with E-state index in [1.54, 1.807) is 6.07 Å². The van der Waals surface area contributed by atoms with Gasteiger partial charge in [-0.1, -0.05) is 17.7 Å². The van der Waals surface area contributed by atoms with Crippen LogP contribution in [0.5, 0.6) is 0 Å². The zero-order valence-corrected chi connectivity index (χ0v) is 10.9. The molecule has 1 saturated heterocycles. The van der Waals surface area contributed by atoms with Crippen molar-refractivity contribution < 1.29 is 13.9 Å². The number of Topliss-reactive ketones (excluding diaryl/α,β-unsaturated/α-hetero) is 1. The predicted octanol–water partition coefficient (Wildman–Crippen LogP) is 4.01. The fraction of sp³-hybridized carbons (Fsp3) is 0.500. The van der Waals surface area contributed by atoms with E-state index in [0.29, 0.717) is 6.42 Å². The van der Waals surface area contributed by atoms with Gasteiger partial charge in [0.15, 0.2) is 11.6 Å². The summed E-state index contributed by atoms with van der Waals surface area (Å²) < 4.78 is 19.1. The molecule has 0 N–H and O–H groups in total. The molecule has 0 radical (unpaired) electrons. The summed E-state index contributed by atoms with van der Waals surface area (Å²) in [5.74, 6) is -0.797. The van der Waals surface area contributed by atoms with Crippen molar-refractivity contribution >= 4 is 17.4 Å². The average molecular weight is 271 g/mol. The van der Waals surface area contributed by atoms with Crippen LogP contribution in [0.1, 0.15) is 42.5 Å². The first-order valence-electron chi connectivity index (χ1n) is 6.27. The van der Waals surface area contributed by atoms with Crippen LogP contribution in [0.2, 0.25) is 5.02 Å². The maximum Gasteiger partial charge on any atom is 0.165 e. The van der Waals surface area contributed by atoms with Crippen molar-refractivity contribution in [3.8, 4) is 0 Å². The Morgan fingerprint density at radius 3 is 3.06 bits per heavy atom. The Morgan fingerprint density at radius 1 is 1.50 bits per heavy atom. The van der Waals surface area contributed by atoms with Crippen molar-refractivity contribution in [1.82, 2.24) is 0 Å². The Balaban J connectivity index is 1.85. The monoisotopic (exact) mass is 270 g/mol. The van der Waals surface area contributed by atoms with Crippen molar-refractivity contribution in [2.75, 3.05) is 6.61 Å². The Bertz CT molecular complexity index is 428. The molecule has 1 aliphatic heterocycles. The highest BCUT2D eigenvalue weighted by Gasteiger charge is 2.17. The first-order valence-corrected chi connectivity index (χ1v) is 6.65. The van der Waals surface area contributed by atoms with Crippen LogP contribution in [0, 0.1) is 5.82 Å². The standard InChI is InChI=1S/C14H16ClFO2/c15-12-7-2-6-11(14(12)16)13(17)8-1-4-10-5-3-9-18-10/h2,6-7,10H,1,3-5,8-9H2.